The van der Waals surface area contributed by atoms with Gasteiger partial charge in [0.2, 0.25) is 0 Å². The molecule has 4 heteroatoms. The van der Waals surface area contributed by atoms with E-state index in [1.54, 1.807) is 6.92 Å². The van der Waals surface area contributed by atoms with E-state index in [4.69, 9.17) is 4.74 Å². The van der Waals surface area contributed by atoms with Crippen molar-refractivity contribution in [1.29, 1.82) is 0 Å². The Balaban J connectivity index is 2.06. The molecule has 0 aromatic carbocycles. The summed E-state index contributed by atoms with van der Waals surface area (Å²) in [6.45, 7) is 4.70. The lowest BCUT2D eigenvalue weighted by Crippen LogP contribution is -2.30. The molecule has 0 bridgehead atoms. The summed E-state index contributed by atoms with van der Waals surface area (Å²) in [5.74, 6) is 0.505. The van der Waals surface area contributed by atoms with Gasteiger partial charge in [0.1, 0.15) is 0 Å². The maximum absolute atomic E-state index is 10.8. The summed E-state index contributed by atoms with van der Waals surface area (Å²) in [6.07, 6.45) is 1.62. The molecule has 0 unspecified atom stereocenters. The summed E-state index contributed by atoms with van der Waals surface area (Å²) in [5.41, 5.74) is 0. The van der Waals surface area contributed by atoms with Crippen molar-refractivity contribution in [2.24, 2.45) is 5.92 Å². The van der Waals surface area contributed by atoms with Crippen LogP contribution in [0.2, 0.25) is 0 Å². The molecule has 13 heavy (non-hydrogen) atoms. The van der Waals surface area contributed by atoms with Gasteiger partial charge in [0.15, 0.2) is 0 Å². The third-order valence-corrected chi connectivity index (χ3v) is 2.16. The standard InChI is InChI=1S/C9H17NO3/c1-2-12-9(11)13-7-8-3-5-10-6-4-8/h8,10H,2-7H2,1H3. The van der Waals surface area contributed by atoms with Gasteiger partial charge in [-0.1, -0.05) is 0 Å². The number of carbonyl (C=O) groups excluding carboxylic acids is 1. The molecule has 76 valence electrons. The largest absolute Gasteiger partial charge is 0.508 e. The fraction of sp³-hybridized carbons (Fsp3) is 0.889. The molecule has 1 aliphatic rings. The second-order valence-corrected chi connectivity index (χ2v) is 3.19. The Labute approximate surface area is 78.6 Å². The highest BCUT2D eigenvalue weighted by Gasteiger charge is 2.15. The van der Waals surface area contributed by atoms with Crippen LogP contribution < -0.4 is 5.32 Å². The second kappa shape index (κ2) is 5.80. The van der Waals surface area contributed by atoms with Crippen LogP contribution >= 0.6 is 0 Å². The number of hydrogen-bond donors (Lipinski definition) is 1. The van der Waals surface area contributed by atoms with E-state index in [0.717, 1.165) is 25.9 Å². The minimum Gasteiger partial charge on any atom is -0.435 e. The maximum atomic E-state index is 10.8. The Hall–Kier alpha value is -0.770. The molecule has 0 saturated carbocycles. The van der Waals surface area contributed by atoms with Crippen LogP contribution in [0, 0.1) is 5.92 Å². The minimum absolute atomic E-state index is 0.380. The first-order valence-corrected chi connectivity index (χ1v) is 4.83. The second-order valence-electron chi connectivity index (χ2n) is 3.19. The van der Waals surface area contributed by atoms with Crippen molar-refractivity contribution in [1.82, 2.24) is 5.32 Å². The van der Waals surface area contributed by atoms with Crippen LogP contribution in [-0.2, 0) is 9.47 Å². The third-order valence-electron chi connectivity index (χ3n) is 2.16. The van der Waals surface area contributed by atoms with E-state index in [1.165, 1.54) is 0 Å². The van der Waals surface area contributed by atoms with Crippen LogP contribution in [0.3, 0.4) is 0 Å². The monoisotopic (exact) mass is 187 g/mol. The zero-order chi connectivity index (χ0) is 9.52. The van der Waals surface area contributed by atoms with Gasteiger partial charge in [0, 0.05) is 0 Å². The van der Waals surface area contributed by atoms with Gasteiger partial charge < -0.3 is 14.8 Å². The van der Waals surface area contributed by atoms with Crippen LogP contribution in [0.4, 0.5) is 4.79 Å². The Morgan fingerprint density at radius 2 is 2.08 bits per heavy atom. The molecule has 1 aliphatic heterocycles. The Morgan fingerprint density at radius 3 is 2.69 bits per heavy atom. The molecule has 0 aromatic rings. The number of hydrogen-bond acceptors (Lipinski definition) is 4. The van der Waals surface area contributed by atoms with E-state index in [2.05, 4.69) is 10.1 Å². The lowest BCUT2D eigenvalue weighted by atomic mass is 9.99. The summed E-state index contributed by atoms with van der Waals surface area (Å²) in [5, 5.41) is 3.26. The molecule has 0 spiro atoms. The van der Waals surface area contributed by atoms with Gasteiger partial charge in [-0.3, -0.25) is 0 Å². The highest BCUT2D eigenvalue weighted by Crippen LogP contribution is 2.11. The van der Waals surface area contributed by atoms with Crippen LogP contribution in [0.1, 0.15) is 19.8 Å². The van der Waals surface area contributed by atoms with E-state index in [0.29, 0.717) is 19.1 Å². The summed E-state index contributed by atoms with van der Waals surface area (Å²) in [7, 11) is 0. The highest BCUT2D eigenvalue weighted by molar-refractivity contribution is 5.59. The smallest absolute Gasteiger partial charge is 0.435 e. The maximum Gasteiger partial charge on any atom is 0.508 e. The van der Waals surface area contributed by atoms with Crippen molar-refractivity contribution in [3.05, 3.63) is 0 Å². The predicted molar refractivity (Wildman–Crippen MR) is 48.6 cm³/mol. The van der Waals surface area contributed by atoms with E-state index in [1.807, 2.05) is 0 Å². The summed E-state index contributed by atoms with van der Waals surface area (Å²) in [6, 6.07) is 0. The molecule has 1 fully saturated rings. The van der Waals surface area contributed by atoms with Crippen molar-refractivity contribution in [3.63, 3.8) is 0 Å². The molecule has 0 aromatic heterocycles. The van der Waals surface area contributed by atoms with Gasteiger partial charge in [-0.25, -0.2) is 4.79 Å². The van der Waals surface area contributed by atoms with Crippen molar-refractivity contribution in [2.75, 3.05) is 26.3 Å². The molecule has 0 amide bonds. The molecular weight excluding hydrogens is 170 g/mol. The van der Waals surface area contributed by atoms with Crippen LogP contribution in [0.25, 0.3) is 0 Å². The Bertz CT molecular complexity index is 155. The zero-order valence-corrected chi connectivity index (χ0v) is 8.04. The molecule has 1 heterocycles. The Morgan fingerprint density at radius 1 is 1.38 bits per heavy atom. The summed E-state index contributed by atoms with van der Waals surface area (Å²) >= 11 is 0. The molecule has 0 aliphatic carbocycles. The molecular formula is C9H17NO3. The predicted octanol–water partition coefficient (Wildman–Crippen LogP) is 1.16. The fourth-order valence-corrected chi connectivity index (χ4v) is 1.39. The van der Waals surface area contributed by atoms with Crippen LogP contribution in [0.15, 0.2) is 0 Å². The highest BCUT2D eigenvalue weighted by atomic mass is 16.7. The lowest BCUT2D eigenvalue weighted by molar-refractivity contribution is 0.0439. The van der Waals surface area contributed by atoms with Crippen molar-refractivity contribution in [2.45, 2.75) is 19.8 Å². The van der Waals surface area contributed by atoms with Crippen molar-refractivity contribution < 1.29 is 14.3 Å². The number of piperidine rings is 1. The van der Waals surface area contributed by atoms with E-state index in [-0.39, 0.29) is 0 Å². The molecule has 4 nitrogen and oxygen atoms in total. The molecule has 1 N–H and O–H groups in total. The van der Waals surface area contributed by atoms with E-state index in [9.17, 15) is 4.79 Å². The topological polar surface area (TPSA) is 47.6 Å². The first kappa shape index (κ1) is 10.3. The fourth-order valence-electron chi connectivity index (χ4n) is 1.39. The molecule has 1 saturated heterocycles. The first-order valence-electron chi connectivity index (χ1n) is 4.83. The van der Waals surface area contributed by atoms with Gasteiger partial charge >= 0.3 is 6.16 Å². The van der Waals surface area contributed by atoms with Gasteiger partial charge in [-0.2, -0.15) is 0 Å². The first-order chi connectivity index (χ1) is 6.33. The van der Waals surface area contributed by atoms with Gasteiger partial charge in [-0.15, -0.1) is 0 Å². The van der Waals surface area contributed by atoms with Crippen molar-refractivity contribution in [3.8, 4) is 0 Å². The number of rotatable bonds is 3. The molecule has 0 radical (unpaired) electrons. The van der Waals surface area contributed by atoms with Gasteiger partial charge in [0.25, 0.3) is 0 Å². The summed E-state index contributed by atoms with van der Waals surface area (Å²) < 4.78 is 9.59. The third kappa shape index (κ3) is 4.12. The normalized spacial score (nSPS) is 18.2. The number of ether oxygens (including phenoxy) is 2. The van der Waals surface area contributed by atoms with Crippen molar-refractivity contribution >= 4 is 6.16 Å². The van der Waals surface area contributed by atoms with Gasteiger partial charge in [0.05, 0.1) is 13.2 Å². The molecule has 1 rings (SSSR count). The van der Waals surface area contributed by atoms with E-state index >= 15 is 0 Å². The average Bonchev–Trinajstić information content (AvgIpc) is 2.17. The van der Waals surface area contributed by atoms with Crippen LogP contribution in [-0.4, -0.2) is 32.5 Å². The zero-order valence-electron chi connectivity index (χ0n) is 8.04. The summed E-state index contributed by atoms with van der Waals surface area (Å²) in [4.78, 5) is 10.8. The Kier molecular flexibility index (Phi) is 4.60. The quantitative estimate of drug-likeness (QED) is 0.673. The van der Waals surface area contributed by atoms with Crippen LogP contribution in [0.5, 0.6) is 0 Å². The minimum atomic E-state index is -0.541. The molecule has 0 atom stereocenters. The average molecular weight is 187 g/mol. The number of nitrogens with one attached hydrogen (secondary N) is 1. The van der Waals surface area contributed by atoms with Gasteiger partial charge in [-0.05, 0) is 38.8 Å². The lowest BCUT2D eigenvalue weighted by Gasteiger charge is -2.21. The van der Waals surface area contributed by atoms with E-state index < -0.39 is 6.16 Å². The SMILES string of the molecule is CCOC(=O)OCC1CCNCC1. The number of carbonyl (C=O) groups is 1.